The van der Waals surface area contributed by atoms with E-state index in [9.17, 15) is 0 Å². The van der Waals surface area contributed by atoms with E-state index in [0.29, 0.717) is 12.5 Å². The van der Waals surface area contributed by atoms with E-state index in [-0.39, 0.29) is 0 Å². The van der Waals surface area contributed by atoms with Crippen molar-refractivity contribution in [2.75, 3.05) is 19.7 Å². The van der Waals surface area contributed by atoms with Gasteiger partial charge >= 0.3 is 0 Å². The largest absolute Gasteiger partial charge is 0.396 e. The molecule has 3 rings (SSSR count). The number of benzene rings is 1. The third kappa shape index (κ3) is 2.94. The number of aliphatic hydroxyl groups excluding tert-OH is 1. The standard InChI is InChI=1S/C16H20N2O/c19-12-13-5-8-18(9-6-13)11-14-3-4-16-15(10-14)2-1-7-17-16/h1-4,7,10,13,19H,5-6,8-9,11-12H2. The topological polar surface area (TPSA) is 36.4 Å². The van der Waals surface area contributed by atoms with Crippen molar-refractivity contribution in [3.05, 3.63) is 42.1 Å². The maximum absolute atomic E-state index is 9.16. The van der Waals surface area contributed by atoms with Crippen molar-refractivity contribution in [3.63, 3.8) is 0 Å². The first-order valence-electron chi connectivity index (χ1n) is 7.02. The maximum Gasteiger partial charge on any atom is 0.0702 e. The summed E-state index contributed by atoms with van der Waals surface area (Å²) in [5, 5.41) is 10.4. The van der Waals surface area contributed by atoms with Gasteiger partial charge < -0.3 is 5.11 Å². The Bertz CT molecular complexity index is 547. The molecule has 1 saturated heterocycles. The third-order valence-electron chi connectivity index (χ3n) is 4.04. The summed E-state index contributed by atoms with van der Waals surface area (Å²) in [5.74, 6) is 0.511. The van der Waals surface area contributed by atoms with Gasteiger partial charge in [-0.3, -0.25) is 9.88 Å². The minimum atomic E-state index is 0.343. The van der Waals surface area contributed by atoms with E-state index in [1.807, 2.05) is 12.3 Å². The summed E-state index contributed by atoms with van der Waals surface area (Å²) in [4.78, 5) is 6.82. The highest BCUT2D eigenvalue weighted by molar-refractivity contribution is 5.78. The van der Waals surface area contributed by atoms with E-state index in [4.69, 9.17) is 5.11 Å². The molecule has 0 aliphatic carbocycles. The van der Waals surface area contributed by atoms with Crippen molar-refractivity contribution in [1.29, 1.82) is 0 Å². The highest BCUT2D eigenvalue weighted by atomic mass is 16.3. The molecule has 19 heavy (non-hydrogen) atoms. The summed E-state index contributed by atoms with van der Waals surface area (Å²) in [6.45, 7) is 3.53. The van der Waals surface area contributed by atoms with Crippen LogP contribution in [0.1, 0.15) is 18.4 Å². The summed E-state index contributed by atoms with van der Waals surface area (Å²) >= 11 is 0. The Morgan fingerprint density at radius 2 is 2.05 bits per heavy atom. The minimum Gasteiger partial charge on any atom is -0.396 e. The Morgan fingerprint density at radius 1 is 1.21 bits per heavy atom. The zero-order valence-electron chi connectivity index (χ0n) is 11.1. The molecule has 2 aromatic rings. The fourth-order valence-corrected chi connectivity index (χ4v) is 2.81. The van der Waals surface area contributed by atoms with Gasteiger partial charge in [0.25, 0.3) is 0 Å². The van der Waals surface area contributed by atoms with E-state index in [0.717, 1.165) is 38.0 Å². The molecule has 1 aliphatic heterocycles. The molecule has 1 aromatic heterocycles. The first kappa shape index (κ1) is 12.6. The normalized spacial score (nSPS) is 17.9. The molecular weight excluding hydrogens is 236 g/mol. The molecule has 2 heterocycles. The van der Waals surface area contributed by atoms with E-state index < -0.39 is 0 Å². The molecule has 0 bridgehead atoms. The Labute approximate surface area is 113 Å². The quantitative estimate of drug-likeness (QED) is 0.916. The second kappa shape index (κ2) is 5.68. The Kier molecular flexibility index (Phi) is 3.76. The summed E-state index contributed by atoms with van der Waals surface area (Å²) in [7, 11) is 0. The van der Waals surface area contributed by atoms with Crippen LogP contribution in [-0.4, -0.2) is 34.7 Å². The number of likely N-dealkylation sites (tertiary alicyclic amines) is 1. The van der Waals surface area contributed by atoms with Crippen molar-refractivity contribution in [2.45, 2.75) is 19.4 Å². The molecule has 0 atom stereocenters. The smallest absolute Gasteiger partial charge is 0.0702 e. The molecule has 0 saturated carbocycles. The van der Waals surface area contributed by atoms with Crippen molar-refractivity contribution in [3.8, 4) is 0 Å². The molecule has 1 aliphatic rings. The molecule has 0 radical (unpaired) electrons. The number of hydrogen-bond donors (Lipinski definition) is 1. The zero-order chi connectivity index (χ0) is 13.1. The first-order chi connectivity index (χ1) is 9.35. The van der Waals surface area contributed by atoms with Crippen LogP contribution < -0.4 is 0 Å². The lowest BCUT2D eigenvalue weighted by Crippen LogP contribution is -2.34. The fraction of sp³-hybridized carbons (Fsp3) is 0.438. The van der Waals surface area contributed by atoms with Crippen molar-refractivity contribution >= 4 is 10.9 Å². The Hall–Kier alpha value is -1.45. The number of fused-ring (bicyclic) bond motifs is 1. The number of nitrogens with zero attached hydrogens (tertiary/aromatic N) is 2. The third-order valence-corrected chi connectivity index (χ3v) is 4.04. The van der Waals surface area contributed by atoms with Crippen LogP contribution in [0.3, 0.4) is 0 Å². The van der Waals surface area contributed by atoms with Crippen LogP contribution in [0.25, 0.3) is 10.9 Å². The molecule has 1 N–H and O–H groups in total. The highest BCUT2D eigenvalue weighted by Crippen LogP contribution is 2.20. The SMILES string of the molecule is OCC1CCN(Cc2ccc3ncccc3c2)CC1. The predicted molar refractivity (Wildman–Crippen MR) is 76.8 cm³/mol. The molecule has 1 fully saturated rings. The maximum atomic E-state index is 9.16. The van der Waals surface area contributed by atoms with Gasteiger partial charge in [0.05, 0.1) is 5.52 Å². The number of hydrogen-bond acceptors (Lipinski definition) is 3. The first-order valence-corrected chi connectivity index (χ1v) is 7.02. The number of pyridine rings is 1. The Morgan fingerprint density at radius 3 is 2.84 bits per heavy atom. The summed E-state index contributed by atoms with van der Waals surface area (Å²) in [5.41, 5.74) is 2.41. The van der Waals surface area contributed by atoms with Crippen LogP contribution in [0.5, 0.6) is 0 Å². The van der Waals surface area contributed by atoms with Gasteiger partial charge in [0.1, 0.15) is 0 Å². The predicted octanol–water partition coefficient (Wildman–Crippen LogP) is 2.44. The average Bonchev–Trinajstić information content (AvgIpc) is 2.48. The van der Waals surface area contributed by atoms with E-state index in [2.05, 4.69) is 34.1 Å². The number of piperidine rings is 1. The molecule has 3 heteroatoms. The lowest BCUT2D eigenvalue weighted by atomic mass is 9.97. The fourth-order valence-electron chi connectivity index (χ4n) is 2.81. The van der Waals surface area contributed by atoms with E-state index in [1.54, 1.807) is 0 Å². The molecule has 100 valence electrons. The van der Waals surface area contributed by atoms with Gasteiger partial charge in [-0.1, -0.05) is 12.1 Å². The summed E-state index contributed by atoms with van der Waals surface area (Å²) in [6.07, 6.45) is 4.07. The molecule has 1 aromatic carbocycles. The number of aliphatic hydroxyl groups is 1. The van der Waals surface area contributed by atoms with Crippen molar-refractivity contribution < 1.29 is 5.11 Å². The molecular formula is C16H20N2O. The van der Waals surface area contributed by atoms with Gasteiger partial charge in [0, 0.05) is 24.7 Å². The van der Waals surface area contributed by atoms with Crippen LogP contribution >= 0.6 is 0 Å². The summed E-state index contributed by atoms with van der Waals surface area (Å²) < 4.78 is 0. The average molecular weight is 256 g/mol. The summed E-state index contributed by atoms with van der Waals surface area (Å²) in [6, 6.07) is 10.6. The van der Waals surface area contributed by atoms with Crippen LogP contribution in [0, 0.1) is 5.92 Å². The van der Waals surface area contributed by atoms with Crippen LogP contribution in [0.2, 0.25) is 0 Å². The van der Waals surface area contributed by atoms with E-state index >= 15 is 0 Å². The van der Waals surface area contributed by atoms with Gasteiger partial charge in [0.15, 0.2) is 0 Å². The van der Waals surface area contributed by atoms with Crippen molar-refractivity contribution in [1.82, 2.24) is 9.88 Å². The van der Waals surface area contributed by atoms with Crippen LogP contribution in [0.15, 0.2) is 36.5 Å². The molecule has 0 unspecified atom stereocenters. The lowest BCUT2D eigenvalue weighted by molar-refractivity contribution is 0.127. The highest BCUT2D eigenvalue weighted by Gasteiger charge is 2.18. The zero-order valence-corrected chi connectivity index (χ0v) is 11.1. The second-order valence-corrected chi connectivity index (χ2v) is 5.43. The van der Waals surface area contributed by atoms with E-state index in [1.165, 1.54) is 10.9 Å². The Balaban J connectivity index is 1.68. The lowest BCUT2D eigenvalue weighted by Gasteiger charge is -2.31. The number of aromatic nitrogens is 1. The molecule has 0 amide bonds. The molecule has 0 spiro atoms. The minimum absolute atomic E-state index is 0.343. The van der Waals surface area contributed by atoms with Gasteiger partial charge in [-0.05, 0) is 55.6 Å². The van der Waals surface area contributed by atoms with Crippen LogP contribution in [0.4, 0.5) is 0 Å². The van der Waals surface area contributed by atoms with Gasteiger partial charge in [-0.15, -0.1) is 0 Å². The monoisotopic (exact) mass is 256 g/mol. The van der Waals surface area contributed by atoms with Crippen LogP contribution in [-0.2, 0) is 6.54 Å². The van der Waals surface area contributed by atoms with Crippen molar-refractivity contribution in [2.24, 2.45) is 5.92 Å². The van der Waals surface area contributed by atoms with Gasteiger partial charge in [-0.2, -0.15) is 0 Å². The second-order valence-electron chi connectivity index (χ2n) is 5.43. The molecule has 3 nitrogen and oxygen atoms in total. The van der Waals surface area contributed by atoms with Gasteiger partial charge in [0.2, 0.25) is 0 Å². The number of rotatable bonds is 3. The van der Waals surface area contributed by atoms with Gasteiger partial charge in [-0.25, -0.2) is 0 Å².